The van der Waals surface area contributed by atoms with E-state index in [9.17, 15) is 0 Å². The van der Waals surface area contributed by atoms with Gasteiger partial charge in [0, 0.05) is 10.7 Å². The minimum absolute atomic E-state index is 0.439. The molecule has 2 heteroatoms. The lowest BCUT2D eigenvalue weighted by Gasteiger charge is -2.29. The highest BCUT2D eigenvalue weighted by Gasteiger charge is 2.24. The van der Waals surface area contributed by atoms with Crippen molar-refractivity contribution in [3.8, 4) is 0 Å². The molecule has 0 heterocycles. The Kier molecular flexibility index (Phi) is 8.71. The van der Waals surface area contributed by atoms with Crippen LogP contribution >= 0.6 is 31.9 Å². The van der Waals surface area contributed by atoms with Gasteiger partial charge in [-0.15, -0.1) is 0 Å². The summed E-state index contributed by atoms with van der Waals surface area (Å²) in [7, 11) is 0. The van der Waals surface area contributed by atoms with Crippen LogP contribution in [0.3, 0.4) is 0 Å². The van der Waals surface area contributed by atoms with E-state index in [1.165, 1.54) is 32.1 Å². The van der Waals surface area contributed by atoms with Gasteiger partial charge in [-0.1, -0.05) is 78.3 Å². The summed E-state index contributed by atoms with van der Waals surface area (Å²) in [4.78, 5) is 0. The predicted molar refractivity (Wildman–Crippen MR) is 73.6 cm³/mol. The summed E-state index contributed by atoms with van der Waals surface area (Å²) in [6.45, 7) is 6.97. The Labute approximate surface area is 106 Å². The molecule has 0 nitrogen and oxygen atoms in total. The molecule has 0 aromatic carbocycles. The third kappa shape index (κ3) is 5.75. The zero-order valence-corrected chi connectivity index (χ0v) is 13.0. The molecule has 1 atom stereocenters. The van der Waals surface area contributed by atoms with Gasteiger partial charge in [0.2, 0.25) is 0 Å². The first-order valence-corrected chi connectivity index (χ1v) is 7.98. The molecule has 14 heavy (non-hydrogen) atoms. The van der Waals surface area contributed by atoms with Crippen molar-refractivity contribution in [3.63, 3.8) is 0 Å². The van der Waals surface area contributed by atoms with Gasteiger partial charge in [0.1, 0.15) is 0 Å². The normalized spacial score (nSPS) is 14.4. The maximum atomic E-state index is 3.63. The highest BCUT2D eigenvalue weighted by molar-refractivity contribution is 9.09. The molecule has 0 aromatic rings. The lowest BCUT2D eigenvalue weighted by molar-refractivity contribution is 0.286. The molecule has 0 fully saturated rings. The molecule has 0 aliphatic carbocycles. The largest absolute Gasteiger partial charge is 0.0922 e. The Morgan fingerprint density at radius 3 is 2.07 bits per heavy atom. The summed E-state index contributed by atoms with van der Waals surface area (Å²) < 4.78 is 0. The van der Waals surface area contributed by atoms with Gasteiger partial charge in [-0.3, -0.25) is 0 Å². The van der Waals surface area contributed by atoms with E-state index < -0.39 is 0 Å². The van der Waals surface area contributed by atoms with E-state index in [0.29, 0.717) is 5.41 Å². The summed E-state index contributed by atoms with van der Waals surface area (Å²) in [6, 6.07) is 0. The third-order valence-electron chi connectivity index (χ3n) is 2.97. The Morgan fingerprint density at radius 2 is 1.71 bits per heavy atom. The van der Waals surface area contributed by atoms with Crippen LogP contribution in [0.15, 0.2) is 0 Å². The molecule has 0 aliphatic rings. The van der Waals surface area contributed by atoms with E-state index in [4.69, 9.17) is 0 Å². The summed E-state index contributed by atoms with van der Waals surface area (Å²) in [6.07, 6.45) is 6.80. The summed E-state index contributed by atoms with van der Waals surface area (Å²) in [5.41, 5.74) is 0.439. The number of halogens is 2. The second-order valence-corrected chi connectivity index (χ2v) is 5.82. The van der Waals surface area contributed by atoms with Crippen LogP contribution in [-0.4, -0.2) is 10.7 Å². The molecule has 0 saturated carbocycles. The monoisotopic (exact) mass is 326 g/mol. The molecular formula is C12H24Br2. The Morgan fingerprint density at radius 1 is 1.14 bits per heavy atom. The van der Waals surface area contributed by atoms with Crippen molar-refractivity contribution in [1.29, 1.82) is 0 Å². The van der Waals surface area contributed by atoms with Crippen LogP contribution in [0.25, 0.3) is 0 Å². The maximum Gasteiger partial charge on any atom is 0.00934 e. The lowest BCUT2D eigenvalue weighted by atomic mass is 9.81. The van der Waals surface area contributed by atoms with E-state index in [1.807, 2.05) is 0 Å². The van der Waals surface area contributed by atoms with Crippen molar-refractivity contribution in [3.05, 3.63) is 0 Å². The fraction of sp³-hybridized carbons (Fsp3) is 1.00. The van der Waals surface area contributed by atoms with Gasteiger partial charge in [-0.05, 0) is 17.8 Å². The van der Waals surface area contributed by atoms with Gasteiger partial charge in [0.05, 0.1) is 0 Å². The first-order valence-electron chi connectivity index (χ1n) is 5.73. The van der Waals surface area contributed by atoms with Crippen LogP contribution in [0.4, 0.5) is 0 Å². The third-order valence-corrected chi connectivity index (χ3v) is 5.68. The first-order chi connectivity index (χ1) is 6.61. The van der Waals surface area contributed by atoms with Crippen LogP contribution in [-0.2, 0) is 0 Å². The van der Waals surface area contributed by atoms with E-state index in [2.05, 4.69) is 52.6 Å². The number of alkyl halides is 2. The summed E-state index contributed by atoms with van der Waals surface area (Å²) in [5, 5.41) is 2.21. The molecule has 0 spiro atoms. The van der Waals surface area contributed by atoms with Crippen LogP contribution in [0.2, 0.25) is 0 Å². The van der Waals surface area contributed by atoms with Crippen molar-refractivity contribution < 1.29 is 0 Å². The van der Waals surface area contributed by atoms with E-state index in [0.717, 1.165) is 16.6 Å². The predicted octanol–water partition coefficient (Wildman–Crippen LogP) is 5.39. The van der Waals surface area contributed by atoms with Gasteiger partial charge in [-0.25, -0.2) is 0 Å². The lowest BCUT2D eigenvalue weighted by Crippen LogP contribution is -2.24. The molecule has 0 N–H and O–H groups in total. The molecular weight excluding hydrogens is 304 g/mol. The Hall–Kier alpha value is 0.960. The SMILES string of the molecule is CCCCC(CC)CC(C)(CBr)CBr. The minimum atomic E-state index is 0.439. The Bertz CT molecular complexity index is 130. The smallest absolute Gasteiger partial charge is 0.00934 e. The second-order valence-electron chi connectivity index (χ2n) is 4.70. The molecule has 86 valence electrons. The minimum Gasteiger partial charge on any atom is -0.0922 e. The van der Waals surface area contributed by atoms with Gasteiger partial charge in [0.15, 0.2) is 0 Å². The zero-order valence-electron chi connectivity index (χ0n) is 9.78. The van der Waals surface area contributed by atoms with Crippen molar-refractivity contribution in [1.82, 2.24) is 0 Å². The van der Waals surface area contributed by atoms with Gasteiger partial charge in [0.25, 0.3) is 0 Å². The molecule has 0 amide bonds. The molecule has 0 saturated heterocycles. The molecule has 0 rings (SSSR count). The number of rotatable bonds is 8. The maximum absolute atomic E-state index is 3.63. The molecule has 1 unspecified atom stereocenters. The molecule has 0 aromatic heterocycles. The van der Waals surface area contributed by atoms with E-state index >= 15 is 0 Å². The summed E-state index contributed by atoms with van der Waals surface area (Å²) >= 11 is 7.26. The topological polar surface area (TPSA) is 0 Å². The van der Waals surface area contributed by atoms with Gasteiger partial charge < -0.3 is 0 Å². The molecule has 0 radical (unpaired) electrons. The Balaban J connectivity index is 4.00. The van der Waals surface area contributed by atoms with Gasteiger partial charge in [-0.2, -0.15) is 0 Å². The van der Waals surface area contributed by atoms with Crippen LogP contribution in [0.5, 0.6) is 0 Å². The number of hydrogen-bond acceptors (Lipinski definition) is 0. The molecule has 0 bridgehead atoms. The fourth-order valence-electron chi connectivity index (χ4n) is 1.79. The van der Waals surface area contributed by atoms with E-state index in [-0.39, 0.29) is 0 Å². The van der Waals surface area contributed by atoms with Crippen molar-refractivity contribution in [2.75, 3.05) is 10.7 Å². The van der Waals surface area contributed by atoms with Crippen molar-refractivity contribution in [2.45, 2.75) is 52.9 Å². The first kappa shape index (κ1) is 15.0. The number of hydrogen-bond donors (Lipinski definition) is 0. The fourth-order valence-corrected chi connectivity index (χ4v) is 3.17. The quantitative estimate of drug-likeness (QED) is 0.524. The van der Waals surface area contributed by atoms with Crippen molar-refractivity contribution in [2.24, 2.45) is 11.3 Å². The number of unbranched alkanes of at least 4 members (excludes halogenated alkanes) is 1. The van der Waals surface area contributed by atoms with Gasteiger partial charge >= 0.3 is 0 Å². The van der Waals surface area contributed by atoms with Crippen LogP contribution in [0, 0.1) is 11.3 Å². The van der Waals surface area contributed by atoms with Crippen molar-refractivity contribution >= 4 is 31.9 Å². The average Bonchev–Trinajstić information content (AvgIpc) is 2.23. The highest BCUT2D eigenvalue weighted by atomic mass is 79.9. The standard InChI is InChI=1S/C12H24Br2/c1-4-6-7-11(5-2)8-12(3,9-13)10-14/h11H,4-10H2,1-3H3. The average molecular weight is 328 g/mol. The summed E-state index contributed by atoms with van der Waals surface area (Å²) in [5.74, 6) is 0.912. The molecule has 0 aliphatic heterocycles. The van der Waals surface area contributed by atoms with E-state index in [1.54, 1.807) is 0 Å². The second kappa shape index (κ2) is 8.15. The highest BCUT2D eigenvalue weighted by Crippen LogP contribution is 2.33. The van der Waals surface area contributed by atoms with Crippen LogP contribution < -0.4 is 0 Å². The zero-order chi connectivity index (χ0) is 11.0. The van der Waals surface area contributed by atoms with Crippen LogP contribution in [0.1, 0.15) is 52.9 Å².